The van der Waals surface area contributed by atoms with Gasteiger partial charge in [0.2, 0.25) is 0 Å². The fourth-order valence-corrected chi connectivity index (χ4v) is 3.93. The number of thiazole rings is 1. The Morgan fingerprint density at radius 2 is 2.04 bits per heavy atom. The van der Waals surface area contributed by atoms with E-state index < -0.39 is 0 Å². The van der Waals surface area contributed by atoms with E-state index in [1.807, 2.05) is 73.7 Å². The SMILES string of the molecule is CN(C)c1cccc(C(=O)Nc2ccccc2-c2nc3c(s2)=CCNC=3)c1. The van der Waals surface area contributed by atoms with Crippen molar-refractivity contribution < 1.29 is 4.79 Å². The van der Waals surface area contributed by atoms with Crippen LogP contribution < -0.4 is 25.4 Å². The van der Waals surface area contributed by atoms with Gasteiger partial charge >= 0.3 is 0 Å². The Balaban J connectivity index is 1.67. The van der Waals surface area contributed by atoms with Crippen LogP contribution in [0.5, 0.6) is 0 Å². The Morgan fingerprint density at radius 3 is 2.85 bits per heavy atom. The zero-order chi connectivity index (χ0) is 18.8. The van der Waals surface area contributed by atoms with Crippen molar-refractivity contribution in [3.8, 4) is 10.6 Å². The Hall–Kier alpha value is -3.12. The minimum atomic E-state index is -0.132. The molecule has 0 fully saturated rings. The number of carbonyl (C=O) groups is 1. The number of carbonyl (C=O) groups excluding carboxylic acids is 1. The van der Waals surface area contributed by atoms with E-state index in [0.29, 0.717) is 5.56 Å². The quantitative estimate of drug-likeness (QED) is 0.733. The number of benzene rings is 2. The van der Waals surface area contributed by atoms with Gasteiger partial charge < -0.3 is 15.5 Å². The van der Waals surface area contributed by atoms with Crippen LogP contribution in [0.1, 0.15) is 10.4 Å². The monoisotopic (exact) mass is 376 g/mol. The molecule has 0 bridgehead atoms. The van der Waals surface area contributed by atoms with E-state index in [1.54, 1.807) is 11.3 Å². The number of amides is 1. The summed E-state index contributed by atoms with van der Waals surface area (Å²) in [5.41, 5.74) is 3.30. The van der Waals surface area contributed by atoms with E-state index in [-0.39, 0.29) is 5.91 Å². The number of para-hydroxylation sites is 1. The van der Waals surface area contributed by atoms with Gasteiger partial charge in [-0.05, 0) is 36.4 Å². The van der Waals surface area contributed by atoms with Crippen LogP contribution in [0.2, 0.25) is 0 Å². The molecule has 27 heavy (non-hydrogen) atoms. The number of nitrogens with one attached hydrogen (secondary N) is 2. The van der Waals surface area contributed by atoms with Crippen LogP contribution >= 0.6 is 11.3 Å². The highest BCUT2D eigenvalue weighted by molar-refractivity contribution is 7.13. The molecule has 0 aliphatic carbocycles. The highest BCUT2D eigenvalue weighted by atomic mass is 32.1. The summed E-state index contributed by atoms with van der Waals surface area (Å²) in [7, 11) is 3.92. The highest BCUT2D eigenvalue weighted by Gasteiger charge is 2.13. The lowest BCUT2D eigenvalue weighted by Crippen LogP contribution is -2.30. The predicted octanol–water partition coefficient (Wildman–Crippen LogP) is 2.25. The summed E-state index contributed by atoms with van der Waals surface area (Å²) in [5, 5.41) is 8.07. The summed E-state index contributed by atoms with van der Waals surface area (Å²) < 4.78 is 1.16. The van der Waals surface area contributed by atoms with Crippen molar-refractivity contribution in [2.75, 3.05) is 30.9 Å². The van der Waals surface area contributed by atoms with Crippen molar-refractivity contribution in [3.63, 3.8) is 0 Å². The Bertz CT molecular complexity index is 1080. The van der Waals surface area contributed by atoms with E-state index >= 15 is 0 Å². The largest absolute Gasteiger partial charge is 0.386 e. The van der Waals surface area contributed by atoms with Gasteiger partial charge in [0.15, 0.2) is 0 Å². The molecule has 2 aromatic carbocycles. The molecule has 0 spiro atoms. The molecule has 0 unspecified atom stereocenters. The second kappa shape index (κ2) is 7.25. The number of nitrogens with zero attached hydrogens (tertiary/aromatic N) is 2. The molecule has 1 amide bonds. The summed E-state index contributed by atoms with van der Waals surface area (Å²) in [5.74, 6) is -0.132. The number of hydrogen-bond acceptors (Lipinski definition) is 5. The molecule has 0 saturated heterocycles. The topological polar surface area (TPSA) is 57.3 Å². The van der Waals surface area contributed by atoms with Crippen LogP contribution in [0, 0.1) is 0 Å². The third-order valence-corrected chi connectivity index (χ3v) is 5.46. The number of fused-ring (bicyclic) bond motifs is 1. The Morgan fingerprint density at radius 1 is 1.19 bits per heavy atom. The van der Waals surface area contributed by atoms with Gasteiger partial charge in [-0.25, -0.2) is 4.98 Å². The molecular formula is C21H20N4OS. The zero-order valence-electron chi connectivity index (χ0n) is 15.2. The van der Waals surface area contributed by atoms with Gasteiger partial charge in [-0.2, -0.15) is 0 Å². The third kappa shape index (κ3) is 3.57. The van der Waals surface area contributed by atoms with Gasteiger partial charge in [0.25, 0.3) is 5.91 Å². The molecule has 1 aliphatic rings. The molecule has 0 atom stereocenters. The molecule has 5 nitrogen and oxygen atoms in total. The first-order chi connectivity index (χ1) is 13.1. The smallest absolute Gasteiger partial charge is 0.255 e. The van der Waals surface area contributed by atoms with Gasteiger partial charge in [-0.15, -0.1) is 11.3 Å². The summed E-state index contributed by atoms with van der Waals surface area (Å²) in [4.78, 5) is 19.5. The maximum absolute atomic E-state index is 12.8. The second-order valence-electron chi connectivity index (χ2n) is 6.47. The number of aromatic nitrogens is 1. The van der Waals surface area contributed by atoms with Gasteiger partial charge in [0.1, 0.15) is 5.01 Å². The molecule has 2 N–H and O–H groups in total. The molecule has 3 aromatic rings. The van der Waals surface area contributed by atoms with Gasteiger partial charge in [-0.1, -0.05) is 18.2 Å². The average Bonchev–Trinajstić information content (AvgIpc) is 3.12. The van der Waals surface area contributed by atoms with E-state index in [0.717, 1.165) is 38.4 Å². The van der Waals surface area contributed by atoms with Crippen LogP contribution in [-0.4, -0.2) is 31.5 Å². The summed E-state index contributed by atoms with van der Waals surface area (Å²) in [6.45, 7) is 0.815. The first kappa shape index (κ1) is 17.3. The predicted molar refractivity (Wildman–Crippen MR) is 112 cm³/mol. The van der Waals surface area contributed by atoms with Crippen molar-refractivity contribution in [1.29, 1.82) is 0 Å². The molecule has 4 rings (SSSR count). The molecule has 2 heterocycles. The molecule has 6 heteroatoms. The van der Waals surface area contributed by atoms with Crippen LogP contribution in [0.3, 0.4) is 0 Å². The lowest BCUT2D eigenvalue weighted by atomic mass is 10.1. The van der Waals surface area contributed by atoms with E-state index in [1.165, 1.54) is 0 Å². The minimum Gasteiger partial charge on any atom is -0.386 e. The fraction of sp³-hybridized carbons (Fsp3) is 0.143. The fourth-order valence-electron chi connectivity index (χ4n) is 2.91. The molecule has 136 valence electrons. The van der Waals surface area contributed by atoms with Crippen LogP contribution in [0.25, 0.3) is 22.8 Å². The second-order valence-corrected chi connectivity index (χ2v) is 7.50. The van der Waals surface area contributed by atoms with Crippen molar-refractivity contribution in [3.05, 3.63) is 64.0 Å². The molecule has 0 saturated carbocycles. The molecule has 0 radical (unpaired) electrons. The van der Waals surface area contributed by atoms with Crippen molar-refractivity contribution in [2.45, 2.75) is 0 Å². The van der Waals surface area contributed by atoms with E-state index in [4.69, 9.17) is 4.98 Å². The van der Waals surface area contributed by atoms with Crippen molar-refractivity contribution in [2.24, 2.45) is 0 Å². The first-order valence-corrected chi connectivity index (χ1v) is 9.52. The molecule has 1 aliphatic heterocycles. The van der Waals surface area contributed by atoms with Gasteiger partial charge in [-0.3, -0.25) is 4.79 Å². The Kier molecular flexibility index (Phi) is 4.64. The lowest BCUT2D eigenvalue weighted by Gasteiger charge is -2.14. The number of hydrogen-bond donors (Lipinski definition) is 2. The van der Waals surface area contributed by atoms with Gasteiger partial charge in [0.05, 0.1) is 15.6 Å². The maximum Gasteiger partial charge on any atom is 0.255 e. The number of rotatable bonds is 4. The number of anilines is 2. The first-order valence-electron chi connectivity index (χ1n) is 8.70. The summed E-state index contributed by atoms with van der Waals surface area (Å²) in [6, 6.07) is 15.4. The Labute approximate surface area is 161 Å². The normalized spacial score (nSPS) is 12.2. The summed E-state index contributed by atoms with van der Waals surface area (Å²) in [6.07, 6.45) is 4.06. The lowest BCUT2D eigenvalue weighted by molar-refractivity contribution is 0.102. The van der Waals surface area contributed by atoms with Crippen molar-refractivity contribution in [1.82, 2.24) is 10.3 Å². The van der Waals surface area contributed by atoms with Gasteiger partial charge in [0, 0.05) is 43.7 Å². The maximum atomic E-state index is 12.8. The van der Waals surface area contributed by atoms with E-state index in [2.05, 4.69) is 16.7 Å². The minimum absolute atomic E-state index is 0.132. The molecular weight excluding hydrogens is 356 g/mol. The van der Waals surface area contributed by atoms with Crippen LogP contribution in [0.4, 0.5) is 11.4 Å². The van der Waals surface area contributed by atoms with E-state index in [9.17, 15) is 4.79 Å². The average molecular weight is 376 g/mol. The van der Waals surface area contributed by atoms with Crippen LogP contribution in [0.15, 0.2) is 48.5 Å². The highest BCUT2D eigenvalue weighted by Crippen LogP contribution is 2.28. The van der Waals surface area contributed by atoms with Crippen LogP contribution in [-0.2, 0) is 0 Å². The standard InChI is InChI=1S/C21H20N4OS/c1-25(2)15-7-5-6-14(12-15)20(26)23-17-9-4-3-8-16(17)21-24-18-13-22-11-10-19(18)27-21/h3-10,12-13,22H,11H2,1-2H3,(H,23,26). The summed E-state index contributed by atoms with van der Waals surface area (Å²) >= 11 is 1.64. The third-order valence-electron chi connectivity index (χ3n) is 4.36. The van der Waals surface area contributed by atoms with Crippen molar-refractivity contribution >= 4 is 40.9 Å². The zero-order valence-corrected chi connectivity index (χ0v) is 16.0. The molecule has 1 aromatic heterocycles.